The molecule has 1 fully saturated rings. The largest absolute Gasteiger partial charge is 0.469 e. The van der Waals surface area contributed by atoms with Crippen molar-refractivity contribution in [3.8, 4) is 0 Å². The van der Waals surface area contributed by atoms with Gasteiger partial charge in [0.2, 0.25) is 0 Å². The van der Waals surface area contributed by atoms with E-state index in [1.54, 1.807) is 0 Å². The highest BCUT2D eigenvalue weighted by atomic mass is 16.5. The van der Waals surface area contributed by atoms with Crippen LogP contribution in [0.2, 0.25) is 0 Å². The summed E-state index contributed by atoms with van der Waals surface area (Å²) < 4.78 is 5.07. The van der Waals surface area contributed by atoms with Crippen molar-refractivity contribution < 1.29 is 14.3 Å². The van der Waals surface area contributed by atoms with E-state index in [2.05, 4.69) is 13.8 Å². The van der Waals surface area contributed by atoms with Crippen molar-refractivity contribution in [3.63, 3.8) is 0 Å². The van der Waals surface area contributed by atoms with Crippen LogP contribution in [0.4, 0.5) is 0 Å². The number of carbonyl (C=O) groups excluding carboxylic acids is 2. The average molecular weight is 264 g/mol. The smallest absolute Gasteiger partial charge is 0.312 e. The summed E-state index contributed by atoms with van der Waals surface area (Å²) in [6.07, 6.45) is 5.38. The van der Waals surface area contributed by atoms with Crippen LogP contribution >= 0.6 is 0 Å². The van der Waals surface area contributed by atoms with Gasteiger partial charge in [-0.15, -0.1) is 0 Å². The molecular weight excluding hydrogens is 240 g/mol. The van der Waals surface area contributed by atoms with Crippen LogP contribution in [-0.4, -0.2) is 19.4 Å². The summed E-state index contributed by atoms with van der Waals surface area (Å²) in [7, 11) is 1.46. The fourth-order valence-electron chi connectivity index (χ4n) is 3.88. The highest BCUT2D eigenvalue weighted by Gasteiger charge is 2.54. The van der Waals surface area contributed by atoms with E-state index < -0.39 is 5.41 Å². The number of hydrogen-bond donors (Lipinski definition) is 0. The molecule has 0 aliphatic heterocycles. The number of ether oxygens (including phenoxy) is 1. The molecule has 106 valence electrons. The van der Waals surface area contributed by atoms with E-state index in [1.165, 1.54) is 7.11 Å². The van der Waals surface area contributed by atoms with E-state index in [0.29, 0.717) is 0 Å². The van der Waals surface area contributed by atoms with E-state index in [-0.39, 0.29) is 17.3 Å². The Bertz CT molecular complexity index is 433. The van der Waals surface area contributed by atoms with Crippen LogP contribution in [0.5, 0.6) is 0 Å². The molecule has 19 heavy (non-hydrogen) atoms. The molecular formula is C16H24O3. The normalized spacial score (nSPS) is 33.6. The Morgan fingerprint density at radius 1 is 1.32 bits per heavy atom. The molecule has 0 spiro atoms. The quantitative estimate of drug-likeness (QED) is 0.568. The topological polar surface area (TPSA) is 43.4 Å². The van der Waals surface area contributed by atoms with Crippen LogP contribution in [0.25, 0.3) is 0 Å². The number of aldehydes is 1. The van der Waals surface area contributed by atoms with Gasteiger partial charge in [0.05, 0.1) is 12.5 Å². The van der Waals surface area contributed by atoms with Crippen LogP contribution in [0.1, 0.15) is 52.9 Å². The molecule has 0 bridgehead atoms. The number of methoxy groups -OCH3 is 1. The monoisotopic (exact) mass is 264 g/mol. The van der Waals surface area contributed by atoms with Gasteiger partial charge in [0.25, 0.3) is 0 Å². The van der Waals surface area contributed by atoms with E-state index in [0.717, 1.165) is 49.5 Å². The Kier molecular flexibility index (Phi) is 3.59. The summed E-state index contributed by atoms with van der Waals surface area (Å²) in [6.45, 7) is 6.47. The van der Waals surface area contributed by atoms with Gasteiger partial charge >= 0.3 is 5.97 Å². The number of fused-ring (bicyclic) bond motifs is 1. The number of allylic oxidation sites excluding steroid dienone is 2. The molecule has 0 radical (unpaired) electrons. The average Bonchev–Trinajstić information content (AvgIpc) is 2.37. The summed E-state index contributed by atoms with van der Waals surface area (Å²) in [4.78, 5) is 23.8. The first-order valence-electron chi connectivity index (χ1n) is 7.09. The number of rotatable bonds is 2. The lowest BCUT2D eigenvalue weighted by atomic mass is 9.53. The zero-order valence-corrected chi connectivity index (χ0v) is 12.4. The van der Waals surface area contributed by atoms with Gasteiger partial charge in [-0.05, 0) is 50.0 Å². The summed E-state index contributed by atoms with van der Waals surface area (Å²) in [6, 6.07) is 0. The van der Waals surface area contributed by atoms with Gasteiger partial charge in [0.1, 0.15) is 6.29 Å². The Morgan fingerprint density at radius 3 is 2.58 bits per heavy atom. The molecule has 0 N–H and O–H groups in total. The first kappa shape index (κ1) is 14.3. The van der Waals surface area contributed by atoms with Gasteiger partial charge in [0.15, 0.2) is 0 Å². The third-order valence-corrected chi connectivity index (χ3v) is 5.20. The van der Waals surface area contributed by atoms with Crippen LogP contribution in [-0.2, 0) is 14.3 Å². The predicted molar refractivity (Wildman–Crippen MR) is 73.6 cm³/mol. The molecule has 1 saturated carbocycles. The van der Waals surface area contributed by atoms with Crippen molar-refractivity contribution in [1.29, 1.82) is 0 Å². The van der Waals surface area contributed by atoms with E-state index in [1.807, 2.05) is 6.92 Å². The van der Waals surface area contributed by atoms with Crippen LogP contribution < -0.4 is 0 Å². The highest BCUT2D eigenvalue weighted by Crippen LogP contribution is 2.57. The number of esters is 1. The van der Waals surface area contributed by atoms with Gasteiger partial charge in [-0.25, -0.2) is 0 Å². The number of hydrogen-bond acceptors (Lipinski definition) is 3. The lowest BCUT2D eigenvalue weighted by Crippen LogP contribution is -2.48. The molecule has 0 unspecified atom stereocenters. The third-order valence-electron chi connectivity index (χ3n) is 5.20. The van der Waals surface area contributed by atoms with Crippen molar-refractivity contribution in [2.45, 2.75) is 52.9 Å². The SMILES string of the molecule is COC(=O)[C@@]12CCC(C)=C(C=O)[C@@H]1CC(C)(C)CC2. The van der Waals surface area contributed by atoms with Crippen molar-refractivity contribution >= 4 is 12.3 Å². The Hall–Kier alpha value is -1.12. The minimum atomic E-state index is -0.458. The first-order chi connectivity index (χ1) is 8.86. The van der Waals surface area contributed by atoms with Crippen molar-refractivity contribution in [2.24, 2.45) is 16.7 Å². The van der Waals surface area contributed by atoms with E-state index in [9.17, 15) is 9.59 Å². The van der Waals surface area contributed by atoms with E-state index >= 15 is 0 Å². The van der Waals surface area contributed by atoms with Gasteiger partial charge in [-0.2, -0.15) is 0 Å². The highest BCUT2D eigenvalue weighted by molar-refractivity contribution is 5.83. The molecule has 2 aliphatic carbocycles. The summed E-state index contributed by atoms with van der Waals surface area (Å²) in [5.41, 5.74) is 1.73. The molecule has 0 amide bonds. The zero-order valence-electron chi connectivity index (χ0n) is 12.4. The molecule has 0 saturated heterocycles. The molecule has 0 aromatic heterocycles. The standard InChI is InChI=1S/C16H24O3/c1-11-5-6-16(14(18)19-4)8-7-15(2,3)9-13(16)12(11)10-17/h10,13H,5-9H2,1-4H3/t13-,16+/m0/s1. The van der Waals surface area contributed by atoms with Crippen LogP contribution in [0.3, 0.4) is 0 Å². The Labute approximate surface area is 115 Å². The van der Waals surface area contributed by atoms with Gasteiger partial charge in [0, 0.05) is 5.92 Å². The maximum Gasteiger partial charge on any atom is 0.312 e. The summed E-state index contributed by atoms with van der Waals surface area (Å²) >= 11 is 0. The maximum absolute atomic E-state index is 12.3. The van der Waals surface area contributed by atoms with Crippen LogP contribution in [0.15, 0.2) is 11.1 Å². The van der Waals surface area contributed by atoms with Crippen molar-refractivity contribution in [2.75, 3.05) is 7.11 Å². The minimum Gasteiger partial charge on any atom is -0.469 e. The van der Waals surface area contributed by atoms with E-state index in [4.69, 9.17) is 4.74 Å². The van der Waals surface area contributed by atoms with Crippen molar-refractivity contribution in [1.82, 2.24) is 0 Å². The summed E-state index contributed by atoms with van der Waals surface area (Å²) in [5.74, 6) is -0.0881. The van der Waals surface area contributed by atoms with Gasteiger partial charge in [-0.3, -0.25) is 9.59 Å². The third kappa shape index (κ3) is 2.24. The second kappa shape index (κ2) is 4.77. The molecule has 3 nitrogen and oxygen atoms in total. The summed E-state index contributed by atoms with van der Waals surface area (Å²) in [5, 5.41) is 0. The first-order valence-corrected chi connectivity index (χ1v) is 7.09. The molecule has 2 atom stereocenters. The van der Waals surface area contributed by atoms with Crippen LogP contribution in [0, 0.1) is 16.7 Å². The molecule has 0 aromatic carbocycles. The second-order valence-electron chi connectivity index (χ2n) is 6.92. The molecule has 0 aromatic rings. The Morgan fingerprint density at radius 2 is 2.00 bits per heavy atom. The second-order valence-corrected chi connectivity index (χ2v) is 6.92. The maximum atomic E-state index is 12.3. The lowest BCUT2D eigenvalue weighted by Gasteiger charge is -2.50. The Balaban J connectivity index is 2.48. The zero-order chi connectivity index (χ0) is 14.3. The predicted octanol–water partition coefficient (Wildman–Crippen LogP) is 3.28. The van der Waals surface area contributed by atoms with Gasteiger partial charge < -0.3 is 4.74 Å². The molecule has 3 heteroatoms. The molecule has 2 aliphatic rings. The van der Waals surface area contributed by atoms with Gasteiger partial charge in [-0.1, -0.05) is 19.4 Å². The minimum absolute atomic E-state index is 0.0370. The molecule has 0 heterocycles. The molecule has 2 rings (SSSR count). The van der Waals surface area contributed by atoms with Crippen molar-refractivity contribution in [3.05, 3.63) is 11.1 Å². The fraction of sp³-hybridized carbons (Fsp3) is 0.750. The lowest BCUT2D eigenvalue weighted by molar-refractivity contribution is -0.161. The fourth-order valence-corrected chi connectivity index (χ4v) is 3.88. The number of carbonyl (C=O) groups is 2.